The van der Waals surface area contributed by atoms with E-state index in [0.717, 1.165) is 49.0 Å². The number of tetrazole rings is 1. The normalized spacial score (nSPS) is 17.9. The highest BCUT2D eigenvalue weighted by Gasteiger charge is 2.21. The molecule has 22 heavy (non-hydrogen) atoms. The zero-order valence-electron chi connectivity index (χ0n) is 11.9. The van der Waals surface area contributed by atoms with Crippen LogP contribution < -0.4 is 0 Å². The zero-order valence-corrected chi connectivity index (χ0v) is 11.9. The second kappa shape index (κ2) is 5.64. The molecule has 0 saturated carbocycles. The van der Waals surface area contributed by atoms with Gasteiger partial charge in [0.05, 0.1) is 12.3 Å². The van der Waals surface area contributed by atoms with Gasteiger partial charge in [-0.3, -0.25) is 5.10 Å². The number of nitrogens with one attached hydrogen (secondary N) is 1. The van der Waals surface area contributed by atoms with Crippen molar-refractivity contribution in [1.82, 2.24) is 35.4 Å². The molecule has 0 amide bonds. The highest BCUT2D eigenvalue weighted by atomic mass is 16.5. The Bertz CT molecular complexity index is 729. The minimum Gasteiger partial charge on any atom is -0.381 e. The fraction of sp³-hybridized carbons (Fsp3) is 0.357. The first kappa shape index (κ1) is 13.1. The predicted molar refractivity (Wildman–Crippen MR) is 76.5 cm³/mol. The lowest BCUT2D eigenvalue weighted by Gasteiger charge is -2.02. The van der Waals surface area contributed by atoms with Crippen molar-refractivity contribution in [2.75, 3.05) is 13.2 Å². The maximum atomic E-state index is 5.38. The van der Waals surface area contributed by atoms with E-state index in [-0.39, 0.29) is 0 Å². The average molecular weight is 297 g/mol. The smallest absolute Gasteiger partial charge is 0.156 e. The largest absolute Gasteiger partial charge is 0.381 e. The fourth-order valence-electron chi connectivity index (χ4n) is 2.55. The Balaban J connectivity index is 1.47. The maximum Gasteiger partial charge on any atom is 0.156 e. The number of ether oxygens (including phenoxy) is 1. The third kappa shape index (κ3) is 2.60. The molecule has 8 heteroatoms. The van der Waals surface area contributed by atoms with Crippen molar-refractivity contribution in [3.63, 3.8) is 0 Å². The van der Waals surface area contributed by atoms with Gasteiger partial charge in [0.25, 0.3) is 0 Å². The van der Waals surface area contributed by atoms with E-state index in [1.54, 1.807) is 11.0 Å². The molecule has 1 saturated heterocycles. The summed E-state index contributed by atoms with van der Waals surface area (Å²) in [5, 5.41) is 18.4. The molecule has 1 atom stereocenters. The zero-order chi connectivity index (χ0) is 14.8. The quantitative estimate of drug-likeness (QED) is 0.768. The molecule has 8 nitrogen and oxygen atoms in total. The molecule has 3 heterocycles. The van der Waals surface area contributed by atoms with Crippen molar-refractivity contribution < 1.29 is 4.74 Å². The van der Waals surface area contributed by atoms with Crippen LogP contribution >= 0.6 is 0 Å². The van der Waals surface area contributed by atoms with E-state index in [1.165, 1.54) is 0 Å². The first-order chi connectivity index (χ1) is 10.9. The molecule has 1 N–H and O–H groups in total. The second-order valence-corrected chi connectivity index (χ2v) is 5.30. The summed E-state index contributed by atoms with van der Waals surface area (Å²) in [5.41, 5.74) is 2.08. The molecule has 0 spiro atoms. The van der Waals surface area contributed by atoms with E-state index in [0.29, 0.717) is 5.92 Å². The first-order valence-electron chi connectivity index (χ1n) is 7.20. The number of hydrogen-bond acceptors (Lipinski definition) is 6. The summed E-state index contributed by atoms with van der Waals surface area (Å²) in [7, 11) is 0. The van der Waals surface area contributed by atoms with Gasteiger partial charge in [0.15, 0.2) is 5.82 Å². The van der Waals surface area contributed by atoms with Crippen molar-refractivity contribution in [1.29, 1.82) is 0 Å². The first-order valence-corrected chi connectivity index (χ1v) is 7.20. The summed E-state index contributed by atoms with van der Waals surface area (Å²) in [6, 6.07) is 8.04. The molecule has 3 aromatic rings. The van der Waals surface area contributed by atoms with Crippen LogP contribution in [0, 0.1) is 0 Å². The van der Waals surface area contributed by atoms with Crippen LogP contribution in [0.15, 0.2) is 30.6 Å². The van der Waals surface area contributed by atoms with Gasteiger partial charge >= 0.3 is 0 Å². The summed E-state index contributed by atoms with van der Waals surface area (Å²) in [6.07, 6.45) is 3.29. The highest BCUT2D eigenvalue weighted by Crippen LogP contribution is 2.22. The van der Waals surface area contributed by atoms with E-state index in [2.05, 4.69) is 30.7 Å². The minimum absolute atomic E-state index is 0.326. The van der Waals surface area contributed by atoms with Crippen molar-refractivity contribution in [2.45, 2.75) is 18.8 Å². The summed E-state index contributed by atoms with van der Waals surface area (Å²) >= 11 is 0. The molecule has 1 aromatic carbocycles. The molecule has 1 aliphatic rings. The van der Waals surface area contributed by atoms with Crippen LogP contribution in [0.3, 0.4) is 0 Å². The Morgan fingerprint density at radius 1 is 1.27 bits per heavy atom. The van der Waals surface area contributed by atoms with Crippen LogP contribution in [-0.4, -0.2) is 48.6 Å². The summed E-state index contributed by atoms with van der Waals surface area (Å²) in [6.45, 7) is 1.52. The van der Waals surface area contributed by atoms with Crippen molar-refractivity contribution in [3.8, 4) is 5.69 Å². The van der Waals surface area contributed by atoms with Gasteiger partial charge in [0.2, 0.25) is 0 Å². The van der Waals surface area contributed by atoms with Gasteiger partial charge in [0, 0.05) is 18.9 Å². The SMILES string of the molecule is c1cc(-n2cnnn2)ccc1Cc1nc(C2CCOC2)n[nH]1. The standard InChI is InChI=1S/C14H15N7O/c1-3-12(21-9-15-19-20-21)4-2-10(1)7-13-16-14(18-17-13)11-5-6-22-8-11/h1-4,9,11H,5-8H2,(H,16,17,18). The van der Waals surface area contributed by atoms with Gasteiger partial charge < -0.3 is 4.74 Å². The minimum atomic E-state index is 0.326. The van der Waals surface area contributed by atoms with Gasteiger partial charge in [-0.1, -0.05) is 12.1 Å². The molecular formula is C14H15N7O. The maximum absolute atomic E-state index is 5.38. The molecule has 1 unspecified atom stereocenters. The monoisotopic (exact) mass is 297 g/mol. The number of nitrogens with zero attached hydrogens (tertiary/aromatic N) is 6. The average Bonchev–Trinajstić information content (AvgIpc) is 3.30. The van der Waals surface area contributed by atoms with Crippen LogP contribution in [0.1, 0.15) is 29.6 Å². The molecule has 112 valence electrons. The molecule has 0 aliphatic carbocycles. The number of aromatic nitrogens is 7. The third-order valence-electron chi connectivity index (χ3n) is 3.77. The van der Waals surface area contributed by atoms with Gasteiger partial charge in [-0.05, 0) is 34.5 Å². The molecule has 0 radical (unpaired) electrons. The lowest BCUT2D eigenvalue weighted by molar-refractivity contribution is 0.193. The van der Waals surface area contributed by atoms with Crippen LogP contribution in [-0.2, 0) is 11.2 Å². The van der Waals surface area contributed by atoms with Gasteiger partial charge in [-0.2, -0.15) is 5.10 Å². The molecule has 4 rings (SSSR count). The van der Waals surface area contributed by atoms with E-state index in [4.69, 9.17) is 4.74 Å². The number of H-pyrrole nitrogens is 1. The van der Waals surface area contributed by atoms with Gasteiger partial charge in [-0.25, -0.2) is 9.67 Å². The highest BCUT2D eigenvalue weighted by molar-refractivity contribution is 5.34. The van der Waals surface area contributed by atoms with Crippen LogP contribution in [0.2, 0.25) is 0 Å². The van der Waals surface area contributed by atoms with E-state index >= 15 is 0 Å². The second-order valence-electron chi connectivity index (χ2n) is 5.30. The van der Waals surface area contributed by atoms with Gasteiger partial charge in [0.1, 0.15) is 12.2 Å². The number of aromatic amines is 1. The number of rotatable bonds is 4. The summed E-state index contributed by atoms with van der Waals surface area (Å²) < 4.78 is 7.00. The predicted octanol–water partition coefficient (Wildman–Crippen LogP) is 0.875. The van der Waals surface area contributed by atoms with E-state index in [1.807, 2.05) is 24.3 Å². The Hall–Kier alpha value is -2.61. The number of benzene rings is 1. The number of hydrogen-bond donors (Lipinski definition) is 1. The molecule has 1 fully saturated rings. The summed E-state index contributed by atoms with van der Waals surface area (Å²) in [4.78, 5) is 4.58. The van der Waals surface area contributed by atoms with E-state index in [9.17, 15) is 0 Å². The lowest BCUT2D eigenvalue weighted by Crippen LogP contribution is -2.00. The van der Waals surface area contributed by atoms with Crippen molar-refractivity contribution in [2.24, 2.45) is 0 Å². The fourth-order valence-corrected chi connectivity index (χ4v) is 2.55. The summed E-state index contributed by atoms with van der Waals surface area (Å²) in [5.74, 6) is 2.06. The Morgan fingerprint density at radius 2 is 2.18 bits per heavy atom. The lowest BCUT2D eigenvalue weighted by atomic mass is 10.1. The molecule has 2 aromatic heterocycles. The van der Waals surface area contributed by atoms with Crippen molar-refractivity contribution >= 4 is 0 Å². The Labute approximate surface area is 126 Å². The Morgan fingerprint density at radius 3 is 2.91 bits per heavy atom. The Kier molecular flexibility index (Phi) is 3.36. The van der Waals surface area contributed by atoms with E-state index < -0.39 is 0 Å². The topological polar surface area (TPSA) is 94.4 Å². The van der Waals surface area contributed by atoms with Crippen LogP contribution in [0.4, 0.5) is 0 Å². The molecular weight excluding hydrogens is 282 g/mol. The van der Waals surface area contributed by atoms with Crippen LogP contribution in [0.5, 0.6) is 0 Å². The molecule has 1 aliphatic heterocycles. The molecule has 0 bridgehead atoms. The van der Waals surface area contributed by atoms with Gasteiger partial charge in [-0.15, -0.1) is 5.10 Å². The van der Waals surface area contributed by atoms with Crippen molar-refractivity contribution in [3.05, 3.63) is 47.8 Å². The third-order valence-corrected chi connectivity index (χ3v) is 3.77. The van der Waals surface area contributed by atoms with Crippen LogP contribution in [0.25, 0.3) is 5.69 Å².